The van der Waals surface area contributed by atoms with Crippen molar-refractivity contribution < 1.29 is 14.3 Å². The highest BCUT2D eigenvalue weighted by molar-refractivity contribution is 9.10. The van der Waals surface area contributed by atoms with Crippen molar-refractivity contribution in [1.82, 2.24) is 9.88 Å². The van der Waals surface area contributed by atoms with Gasteiger partial charge in [0, 0.05) is 36.2 Å². The van der Waals surface area contributed by atoms with Crippen molar-refractivity contribution in [2.45, 2.75) is 6.42 Å². The van der Waals surface area contributed by atoms with E-state index in [0.29, 0.717) is 17.2 Å². The number of methoxy groups -OCH3 is 1. The lowest BCUT2D eigenvalue weighted by atomic mass is 10.2. The first-order valence-corrected chi connectivity index (χ1v) is 11.6. The van der Waals surface area contributed by atoms with Gasteiger partial charge in [0.1, 0.15) is 5.75 Å². The summed E-state index contributed by atoms with van der Waals surface area (Å²) in [5.41, 5.74) is 1.53. The third kappa shape index (κ3) is 5.96. The summed E-state index contributed by atoms with van der Waals surface area (Å²) >= 11 is 4.95. The molecule has 1 aliphatic rings. The summed E-state index contributed by atoms with van der Waals surface area (Å²) in [5.74, 6) is 0.756. The number of aromatic nitrogens is 1. The average molecular weight is 527 g/mol. The summed E-state index contributed by atoms with van der Waals surface area (Å²) in [7, 11) is 1.65. The molecule has 6 nitrogen and oxygen atoms in total. The van der Waals surface area contributed by atoms with Gasteiger partial charge in [0.15, 0.2) is 5.13 Å². The Balaban J connectivity index is 0.00000272. The highest BCUT2D eigenvalue weighted by Crippen LogP contribution is 2.32. The average Bonchev–Trinajstić information content (AvgIpc) is 3.20. The summed E-state index contributed by atoms with van der Waals surface area (Å²) in [6.45, 7) is 5.00. The fourth-order valence-corrected chi connectivity index (χ4v) is 4.73. The zero-order valence-corrected chi connectivity index (χ0v) is 20.5. The lowest BCUT2D eigenvalue weighted by molar-refractivity contribution is 0.0376. The number of hydrogen-bond donors (Lipinski definition) is 0. The molecule has 1 fully saturated rings. The molecule has 1 amide bonds. The molecule has 4 rings (SSSR count). The van der Waals surface area contributed by atoms with Crippen LogP contribution in [0.3, 0.4) is 0 Å². The van der Waals surface area contributed by atoms with Crippen LogP contribution in [0.15, 0.2) is 46.9 Å². The van der Waals surface area contributed by atoms with Crippen molar-refractivity contribution in [3.8, 4) is 5.75 Å². The molecule has 0 radical (unpaired) electrons. The summed E-state index contributed by atoms with van der Waals surface area (Å²) in [6.07, 6.45) is 0.877. The standard InChI is InChI=1S/C22H24BrN3O3S.ClH/c1-28-18-7-8-19-20(15-18)30-22(24-19)26(10-2-9-25-11-13-29-14-12-25)21(27)16-3-5-17(23)6-4-16;/h3-8,15H,2,9-14H2,1H3;1H. The van der Waals surface area contributed by atoms with E-state index in [0.717, 1.165) is 59.7 Å². The van der Waals surface area contributed by atoms with Crippen LogP contribution in [-0.4, -0.2) is 62.3 Å². The second-order valence-corrected chi connectivity index (χ2v) is 9.03. The number of anilines is 1. The minimum absolute atomic E-state index is 0. The predicted octanol–water partition coefficient (Wildman–Crippen LogP) is 4.86. The lowest BCUT2D eigenvalue weighted by Gasteiger charge is -2.27. The molecule has 1 aliphatic heterocycles. The van der Waals surface area contributed by atoms with E-state index in [1.54, 1.807) is 12.0 Å². The first-order valence-electron chi connectivity index (χ1n) is 9.96. The molecule has 0 bridgehead atoms. The van der Waals surface area contributed by atoms with Gasteiger partial charge in [-0.15, -0.1) is 12.4 Å². The van der Waals surface area contributed by atoms with Crippen LogP contribution >= 0.6 is 39.7 Å². The maximum atomic E-state index is 13.4. The number of carbonyl (C=O) groups is 1. The van der Waals surface area contributed by atoms with E-state index in [9.17, 15) is 4.79 Å². The Hall–Kier alpha value is -1.71. The first kappa shape index (κ1) is 23.9. The van der Waals surface area contributed by atoms with Crippen LogP contribution in [0.25, 0.3) is 10.2 Å². The second kappa shape index (κ2) is 11.2. The number of amides is 1. The maximum Gasteiger partial charge on any atom is 0.260 e. The number of morpholine rings is 1. The number of benzene rings is 2. The summed E-state index contributed by atoms with van der Waals surface area (Å²) < 4.78 is 12.7. The van der Waals surface area contributed by atoms with E-state index in [2.05, 4.69) is 20.8 Å². The fourth-order valence-electron chi connectivity index (χ4n) is 3.44. The van der Waals surface area contributed by atoms with Crippen LogP contribution in [0.2, 0.25) is 0 Å². The molecule has 0 N–H and O–H groups in total. The maximum absolute atomic E-state index is 13.4. The topological polar surface area (TPSA) is 54.9 Å². The van der Waals surface area contributed by atoms with Gasteiger partial charge in [-0.3, -0.25) is 14.6 Å². The van der Waals surface area contributed by atoms with Crippen LogP contribution in [-0.2, 0) is 4.74 Å². The number of halogens is 2. The lowest BCUT2D eigenvalue weighted by Crippen LogP contribution is -2.39. The quantitative estimate of drug-likeness (QED) is 0.440. The Morgan fingerprint density at radius 2 is 1.97 bits per heavy atom. The highest BCUT2D eigenvalue weighted by Gasteiger charge is 2.22. The van der Waals surface area contributed by atoms with Gasteiger partial charge >= 0.3 is 0 Å². The minimum Gasteiger partial charge on any atom is -0.497 e. The minimum atomic E-state index is -0.0319. The molecule has 0 spiro atoms. The fraction of sp³-hybridized carbons (Fsp3) is 0.364. The zero-order valence-electron chi connectivity index (χ0n) is 17.3. The number of hydrogen-bond acceptors (Lipinski definition) is 6. The molecule has 166 valence electrons. The smallest absolute Gasteiger partial charge is 0.260 e. The number of fused-ring (bicyclic) bond motifs is 1. The monoisotopic (exact) mass is 525 g/mol. The van der Waals surface area contributed by atoms with E-state index in [1.165, 1.54) is 11.3 Å². The molecule has 31 heavy (non-hydrogen) atoms. The third-order valence-corrected chi connectivity index (χ3v) is 6.68. The molecule has 0 saturated carbocycles. The Morgan fingerprint density at radius 3 is 2.68 bits per heavy atom. The number of rotatable bonds is 7. The molecular weight excluding hydrogens is 502 g/mol. The third-order valence-electron chi connectivity index (χ3n) is 5.11. The van der Waals surface area contributed by atoms with Gasteiger partial charge in [0.25, 0.3) is 5.91 Å². The van der Waals surface area contributed by atoms with Gasteiger partial charge in [-0.1, -0.05) is 27.3 Å². The molecular formula is C22H25BrClN3O3S. The van der Waals surface area contributed by atoms with E-state index >= 15 is 0 Å². The van der Waals surface area contributed by atoms with E-state index in [1.807, 2.05) is 42.5 Å². The van der Waals surface area contributed by atoms with Crippen molar-refractivity contribution in [3.63, 3.8) is 0 Å². The second-order valence-electron chi connectivity index (χ2n) is 7.10. The van der Waals surface area contributed by atoms with Crippen molar-refractivity contribution in [3.05, 3.63) is 52.5 Å². The largest absolute Gasteiger partial charge is 0.497 e. The van der Waals surface area contributed by atoms with Crippen LogP contribution in [0, 0.1) is 0 Å². The Labute approximate surface area is 200 Å². The summed E-state index contributed by atoms with van der Waals surface area (Å²) in [6, 6.07) is 13.3. The van der Waals surface area contributed by atoms with Gasteiger partial charge in [-0.2, -0.15) is 0 Å². The van der Waals surface area contributed by atoms with Gasteiger partial charge in [-0.05, 0) is 48.9 Å². The molecule has 2 aromatic carbocycles. The van der Waals surface area contributed by atoms with Gasteiger partial charge < -0.3 is 9.47 Å². The normalized spacial score (nSPS) is 14.3. The number of ether oxygens (including phenoxy) is 2. The number of thiazole rings is 1. The Kier molecular flexibility index (Phi) is 8.68. The van der Waals surface area contributed by atoms with E-state index < -0.39 is 0 Å². The molecule has 1 aromatic heterocycles. The molecule has 0 atom stereocenters. The summed E-state index contributed by atoms with van der Waals surface area (Å²) in [5, 5.41) is 0.716. The Morgan fingerprint density at radius 1 is 1.23 bits per heavy atom. The van der Waals surface area contributed by atoms with Crippen molar-refractivity contribution in [1.29, 1.82) is 0 Å². The van der Waals surface area contributed by atoms with E-state index in [4.69, 9.17) is 14.5 Å². The molecule has 9 heteroatoms. The zero-order chi connectivity index (χ0) is 20.9. The van der Waals surface area contributed by atoms with Gasteiger partial charge in [0.2, 0.25) is 0 Å². The van der Waals surface area contributed by atoms with Crippen LogP contribution in [0.5, 0.6) is 5.75 Å². The van der Waals surface area contributed by atoms with Crippen LogP contribution < -0.4 is 9.64 Å². The van der Waals surface area contributed by atoms with Crippen molar-refractivity contribution in [2.75, 3.05) is 51.4 Å². The van der Waals surface area contributed by atoms with Crippen molar-refractivity contribution in [2.24, 2.45) is 0 Å². The first-order chi connectivity index (χ1) is 14.6. The molecule has 1 saturated heterocycles. The molecule has 0 unspecified atom stereocenters. The number of nitrogens with zero attached hydrogens (tertiary/aromatic N) is 3. The summed E-state index contributed by atoms with van der Waals surface area (Å²) in [4.78, 5) is 22.3. The Bertz CT molecular complexity index is 1010. The van der Waals surface area contributed by atoms with Gasteiger partial charge in [-0.25, -0.2) is 4.98 Å². The number of carbonyl (C=O) groups excluding carboxylic acids is 1. The van der Waals surface area contributed by atoms with Crippen LogP contribution in [0.1, 0.15) is 16.8 Å². The van der Waals surface area contributed by atoms with Gasteiger partial charge in [0.05, 0.1) is 30.5 Å². The molecule has 2 heterocycles. The predicted molar refractivity (Wildman–Crippen MR) is 131 cm³/mol. The SMILES string of the molecule is COc1ccc2nc(N(CCCN3CCOCC3)C(=O)c3ccc(Br)cc3)sc2c1.Cl. The highest BCUT2D eigenvalue weighted by atomic mass is 79.9. The van der Waals surface area contributed by atoms with E-state index in [-0.39, 0.29) is 18.3 Å². The molecule has 0 aliphatic carbocycles. The van der Waals surface area contributed by atoms with Crippen molar-refractivity contribution >= 4 is 60.9 Å². The molecule has 3 aromatic rings. The van der Waals surface area contributed by atoms with Crippen LogP contribution in [0.4, 0.5) is 5.13 Å².